The fourth-order valence-electron chi connectivity index (χ4n) is 3.97. The normalized spacial score (nSPS) is 19.2. The third kappa shape index (κ3) is 7.08. The second-order valence-electron chi connectivity index (χ2n) is 8.08. The van der Waals surface area contributed by atoms with Crippen molar-refractivity contribution in [3.8, 4) is 0 Å². The minimum absolute atomic E-state index is 0.00612. The highest BCUT2D eigenvalue weighted by Gasteiger charge is 2.34. The van der Waals surface area contributed by atoms with E-state index < -0.39 is 17.6 Å². The van der Waals surface area contributed by atoms with Crippen molar-refractivity contribution in [1.82, 2.24) is 14.7 Å². The summed E-state index contributed by atoms with van der Waals surface area (Å²) in [5.41, 5.74) is -1.27. The lowest BCUT2D eigenvalue weighted by atomic mass is 10.1. The van der Waals surface area contributed by atoms with Crippen LogP contribution in [0.25, 0.3) is 0 Å². The van der Waals surface area contributed by atoms with Crippen LogP contribution in [0.5, 0.6) is 0 Å². The third-order valence-electron chi connectivity index (χ3n) is 5.71. The minimum atomic E-state index is -4.61. The molecule has 2 saturated heterocycles. The van der Waals surface area contributed by atoms with Gasteiger partial charge < -0.3 is 10.2 Å². The van der Waals surface area contributed by atoms with E-state index in [1.54, 1.807) is 0 Å². The molecule has 0 spiro atoms. The topological polar surface area (TPSA) is 55.9 Å². The van der Waals surface area contributed by atoms with Gasteiger partial charge in [-0.05, 0) is 31.0 Å². The maximum Gasteiger partial charge on any atom is 0.418 e. The molecule has 0 radical (unpaired) electrons. The second kappa shape index (κ2) is 10.7. The summed E-state index contributed by atoms with van der Waals surface area (Å²) in [7, 11) is 0. The first-order valence-corrected chi connectivity index (χ1v) is 11.0. The Morgan fingerprint density at radius 3 is 2.06 bits per heavy atom. The number of carbonyl (C=O) groups excluding carboxylic acids is 2. The monoisotopic (exact) mass is 460 g/mol. The van der Waals surface area contributed by atoms with Crippen LogP contribution >= 0.6 is 11.6 Å². The number of nitrogens with zero attached hydrogens (tertiary/aromatic N) is 3. The molecule has 1 aromatic carbocycles. The van der Waals surface area contributed by atoms with Gasteiger partial charge in [0.05, 0.1) is 24.3 Å². The Morgan fingerprint density at radius 1 is 0.903 bits per heavy atom. The number of benzene rings is 1. The number of rotatable bonds is 5. The van der Waals surface area contributed by atoms with Crippen LogP contribution in [-0.2, 0) is 15.8 Å². The zero-order valence-corrected chi connectivity index (χ0v) is 18.1. The van der Waals surface area contributed by atoms with Gasteiger partial charge in [0.15, 0.2) is 0 Å². The highest BCUT2D eigenvalue weighted by atomic mass is 35.5. The van der Waals surface area contributed by atoms with Gasteiger partial charge in [-0.1, -0.05) is 24.4 Å². The molecule has 2 aliphatic heterocycles. The average molecular weight is 461 g/mol. The van der Waals surface area contributed by atoms with Crippen LogP contribution in [0.4, 0.5) is 18.9 Å². The fourth-order valence-corrected chi connectivity index (χ4v) is 4.14. The van der Waals surface area contributed by atoms with E-state index in [9.17, 15) is 22.8 Å². The highest BCUT2D eigenvalue weighted by Crippen LogP contribution is 2.36. The summed E-state index contributed by atoms with van der Waals surface area (Å²) < 4.78 is 39.6. The largest absolute Gasteiger partial charge is 0.418 e. The maximum atomic E-state index is 13.2. The number of amides is 2. The SMILES string of the molecule is O=C(CN1CCN(CC(=O)N2CCCCCC2)CC1)Nc1ccc(Cl)cc1C(F)(F)F. The molecule has 0 unspecified atom stereocenters. The zero-order valence-electron chi connectivity index (χ0n) is 17.4. The molecule has 2 fully saturated rings. The summed E-state index contributed by atoms with van der Waals surface area (Å²) in [4.78, 5) is 30.7. The number of hydrogen-bond acceptors (Lipinski definition) is 4. The Hall–Kier alpha value is -1.84. The Morgan fingerprint density at radius 2 is 1.48 bits per heavy atom. The standard InChI is InChI=1S/C21H28ClF3N4O2/c22-16-5-6-18(17(13-16)21(23,24)25)26-19(30)14-27-9-11-28(12-10-27)15-20(31)29-7-3-1-2-4-8-29/h5-6,13H,1-4,7-12,14-15H2,(H,26,30). The Kier molecular flexibility index (Phi) is 8.18. The van der Waals surface area contributed by atoms with Crippen molar-refractivity contribution < 1.29 is 22.8 Å². The molecule has 0 saturated carbocycles. The zero-order chi connectivity index (χ0) is 22.4. The van der Waals surface area contributed by atoms with Crippen LogP contribution in [-0.4, -0.2) is 78.9 Å². The number of hydrogen-bond donors (Lipinski definition) is 1. The van der Waals surface area contributed by atoms with Crippen molar-refractivity contribution in [1.29, 1.82) is 0 Å². The van der Waals surface area contributed by atoms with Gasteiger partial charge in [-0.2, -0.15) is 13.2 Å². The lowest BCUT2D eigenvalue weighted by molar-refractivity contribution is -0.137. The van der Waals surface area contributed by atoms with Crippen LogP contribution in [0.15, 0.2) is 18.2 Å². The predicted molar refractivity (Wildman–Crippen MR) is 113 cm³/mol. The molecule has 1 aromatic rings. The van der Waals surface area contributed by atoms with Crippen molar-refractivity contribution in [2.45, 2.75) is 31.9 Å². The van der Waals surface area contributed by atoms with Gasteiger partial charge in [-0.3, -0.25) is 19.4 Å². The lowest BCUT2D eigenvalue weighted by Gasteiger charge is -2.35. The molecule has 31 heavy (non-hydrogen) atoms. The van der Waals surface area contributed by atoms with E-state index in [-0.39, 0.29) is 23.2 Å². The van der Waals surface area contributed by atoms with Crippen LogP contribution in [0.2, 0.25) is 5.02 Å². The summed E-state index contributed by atoms with van der Waals surface area (Å²) in [6.45, 7) is 4.45. The fraction of sp³-hybridized carbons (Fsp3) is 0.619. The van der Waals surface area contributed by atoms with Crippen LogP contribution in [0.3, 0.4) is 0 Å². The summed E-state index contributed by atoms with van der Waals surface area (Å²) in [6.07, 6.45) is -0.161. The Bertz CT molecular complexity index is 774. The molecule has 3 rings (SSSR count). The van der Waals surface area contributed by atoms with Crippen molar-refractivity contribution in [3.05, 3.63) is 28.8 Å². The number of likely N-dealkylation sites (tertiary alicyclic amines) is 1. The van der Waals surface area contributed by atoms with Gasteiger partial charge in [0.25, 0.3) is 0 Å². The van der Waals surface area contributed by atoms with Crippen molar-refractivity contribution in [2.75, 3.05) is 57.7 Å². The molecule has 172 valence electrons. The van der Waals surface area contributed by atoms with E-state index in [0.29, 0.717) is 32.7 Å². The van der Waals surface area contributed by atoms with E-state index >= 15 is 0 Å². The summed E-state index contributed by atoms with van der Waals surface area (Å²) in [5.74, 6) is -0.363. The van der Waals surface area contributed by atoms with Crippen LogP contribution in [0.1, 0.15) is 31.2 Å². The van der Waals surface area contributed by atoms with E-state index in [1.165, 1.54) is 18.9 Å². The minimum Gasteiger partial charge on any atom is -0.342 e. The second-order valence-corrected chi connectivity index (χ2v) is 8.52. The maximum absolute atomic E-state index is 13.2. The quantitative estimate of drug-likeness (QED) is 0.732. The number of nitrogens with one attached hydrogen (secondary N) is 1. The van der Waals surface area contributed by atoms with Gasteiger partial charge in [0.1, 0.15) is 0 Å². The summed E-state index contributed by atoms with van der Waals surface area (Å²) in [5, 5.41) is 2.31. The number of carbonyl (C=O) groups is 2. The molecular weight excluding hydrogens is 433 g/mol. The van der Waals surface area contributed by atoms with Gasteiger partial charge in [-0.15, -0.1) is 0 Å². The molecule has 0 aliphatic carbocycles. The number of anilines is 1. The molecular formula is C21H28ClF3N4O2. The first-order valence-electron chi connectivity index (χ1n) is 10.6. The van der Waals surface area contributed by atoms with Crippen LogP contribution < -0.4 is 5.32 Å². The van der Waals surface area contributed by atoms with E-state index in [4.69, 9.17) is 11.6 Å². The molecule has 0 aromatic heterocycles. The molecule has 0 bridgehead atoms. The molecule has 0 atom stereocenters. The number of piperazine rings is 1. The highest BCUT2D eigenvalue weighted by molar-refractivity contribution is 6.30. The number of alkyl halides is 3. The number of halogens is 4. The van der Waals surface area contributed by atoms with Gasteiger partial charge >= 0.3 is 6.18 Å². The predicted octanol–water partition coefficient (Wildman–Crippen LogP) is 3.32. The first-order chi connectivity index (χ1) is 14.7. The molecule has 2 amide bonds. The molecule has 2 aliphatic rings. The first kappa shape index (κ1) is 23.8. The van der Waals surface area contributed by atoms with Gasteiger partial charge in [0.2, 0.25) is 11.8 Å². The van der Waals surface area contributed by atoms with E-state index in [1.807, 2.05) is 9.80 Å². The van der Waals surface area contributed by atoms with Gasteiger partial charge in [0, 0.05) is 44.3 Å². The Balaban J connectivity index is 1.46. The van der Waals surface area contributed by atoms with E-state index in [0.717, 1.165) is 38.1 Å². The average Bonchev–Trinajstić information content (AvgIpc) is 3.00. The van der Waals surface area contributed by atoms with Crippen LogP contribution in [0, 0.1) is 0 Å². The van der Waals surface area contributed by atoms with Crippen molar-refractivity contribution in [3.63, 3.8) is 0 Å². The van der Waals surface area contributed by atoms with E-state index in [2.05, 4.69) is 10.2 Å². The molecule has 10 heteroatoms. The summed E-state index contributed by atoms with van der Waals surface area (Å²) in [6, 6.07) is 3.28. The van der Waals surface area contributed by atoms with Crippen molar-refractivity contribution >= 4 is 29.1 Å². The third-order valence-corrected chi connectivity index (χ3v) is 5.95. The smallest absolute Gasteiger partial charge is 0.342 e. The molecule has 1 N–H and O–H groups in total. The van der Waals surface area contributed by atoms with Gasteiger partial charge in [-0.25, -0.2) is 0 Å². The molecule has 6 nitrogen and oxygen atoms in total. The lowest BCUT2D eigenvalue weighted by Crippen LogP contribution is -2.51. The summed E-state index contributed by atoms with van der Waals surface area (Å²) >= 11 is 5.67. The van der Waals surface area contributed by atoms with Crippen molar-refractivity contribution in [2.24, 2.45) is 0 Å². The molecule has 2 heterocycles. The Labute approximate surface area is 185 Å².